The third kappa shape index (κ3) is 2.39. The Kier molecular flexibility index (Phi) is 3.40. The van der Waals surface area contributed by atoms with Crippen LogP contribution in [0.2, 0.25) is 5.02 Å². The van der Waals surface area contributed by atoms with Gasteiger partial charge in [-0.15, -0.1) is 4.40 Å². The second kappa shape index (κ2) is 5.10. The van der Waals surface area contributed by atoms with Crippen LogP contribution < -0.4 is 10.4 Å². The van der Waals surface area contributed by atoms with E-state index in [2.05, 4.69) is 14.8 Å². The van der Waals surface area contributed by atoms with Gasteiger partial charge in [-0.1, -0.05) is 11.6 Å². The van der Waals surface area contributed by atoms with Gasteiger partial charge in [0.2, 0.25) is 0 Å². The Hall–Kier alpha value is -1.96. The van der Waals surface area contributed by atoms with E-state index in [4.69, 9.17) is 11.6 Å². The number of hydrogen-bond acceptors (Lipinski definition) is 5. The highest BCUT2D eigenvalue weighted by Gasteiger charge is 2.31. The molecule has 0 saturated carbocycles. The number of aromatic nitrogens is 1. The average molecular weight is 323 g/mol. The Labute approximate surface area is 127 Å². The molecular formula is C13H11ClN4O2S. The second-order valence-electron chi connectivity index (χ2n) is 4.30. The molecule has 1 aliphatic heterocycles. The van der Waals surface area contributed by atoms with Crippen molar-refractivity contribution in [3.63, 3.8) is 0 Å². The molecular weight excluding hydrogens is 312 g/mol. The Morgan fingerprint density at radius 2 is 2.10 bits per heavy atom. The van der Waals surface area contributed by atoms with Crippen molar-refractivity contribution in [1.29, 1.82) is 0 Å². The summed E-state index contributed by atoms with van der Waals surface area (Å²) in [5.74, 6) is 0.250. The summed E-state index contributed by atoms with van der Waals surface area (Å²) >= 11 is 5.98. The molecule has 6 nitrogen and oxygen atoms in total. The number of sulfonamides is 1. The van der Waals surface area contributed by atoms with Crippen molar-refractivity contribution in [3.8, 4) is 0 Å². The number of rotatable bonds is 2. The molecule has 0 bridgehead atoms. The summed E-state index contributed by atoms with van der Waals surface area (Å²) in [6.07, 6.45) is 3.16. The molecule has 2 heterocycles. The zero-order valence-corrected chi connectivity index (χ0v) is 12.6. The minimum atomic E-state index is -3.78. The van der Waals surface area contributed by atoms with Gasteiger partial charge >= 0.3 is 0 Å². The predicted molar refractivity (Wildman–Crippen MR) is 81.0 cm³/mol. The van der Waals surface area contributed by atoms with Gasteiger partial charge in [-0.25, -0.2) is 5.43 Å². The monoisotopic (exact) mass is 322 g/mol. The fourth-order valence-corrected chi connectivity index (χ4v) is 3.44. The van der Waals surface area contributed by atoms with Gasteiger partial charge in [-0.05, 0) is 30.3 Å². The van der Waals surface area contributed by atoms with E-state index in [1.807, 2.05) is 0 Å². The highest BCUT2D eigenvalue weighted by molar-refractivity contribution is 7.90. The van der Waals surface area contributed by atoms with Crippen molar-refractivity contribution in [2.24, 2.45) is 4.40 Å². The van der Waals surface area contributed by atoms with Crippen molar-refractivity contribution < 1.29 is 8.42 Å². The van der Waals surface area contributed by atoms with E-state index in [9.17, 15) is 8.42 Å². The summed E-state index contributed by atoms with van der Waals surface area (Å²) in [4.78, 5) is 4.10. The summed E-state index contributed by atoms with van der Waals surface area (Å²) < 4.78 is 28.5. The molecule has 0 unspecified atom stereocenters. The lowest BCUT2D eigenvalue weighted by Gasteiger charge is -2.29. The SMILES string of the molecule is CNN1C(c2cccnc2)=NS(=O)(=O)c2ccc(Cl)cc21. The summed E-state index contributed by atoms with van der Waals surface area (Å²) in [7, 11) is -2.10. The molecule has 0 spiro atoms. The Morgan fingerprint density at radius 1 is 1.29 bits per heavy atom. The number of benzene rings is 1. The van der Waals surface area contributed by atoms with Gasteiger partial charge in [0.05, 0.1) is 5.69 Å². The van der Waals surface area contributed by atoms with Crippen LogP contribution in [-0.2, 0) is 10.0 Å². The van der Waals surface area contributed by atoms with Crippen LogP contribution >= 0.6 is 11.6 Å². The van der Waals surface area contributed by atoms with E-state index in [1.54, 1.807) is 42.6 Å². The fraction of sp³-hybridized carbons (Fsp3) is 0.0769. The molecule has 0 saturated heterocycles. The van der Waals surface area contributed by atoms with E-state index in [-0.39, 0.29) is 10.7 Å². The normalized spacial score (nSPS) is 16.3. The lowest BCUT2D eigenvalue weighted by molar-refractivity contribution is 0.596. The number of halogens is 1. The van der Waals surface area contributed by atoms with E-state index in [1.165, 1.54) is 12.1 Å². The van der Waals surface area contributed by atoms with Gasteiger partial charge in [0.15, 0.2) is 5.84 Å². The zero-order valence-electron chi connectivity index (χ0n) is 11.0. The molecule has 0 amide bonds. The molecule has 8 heteroatoms. The third-order valence-corrected chi connectivity index (χ3v) is 4.55. The highest BCUT2D eigenvalue weighted by atomic mass is 35.5. The molecule has 1 N–H and O–H groups in total. The Balaban J connectivity index is 2.26. The molecule has 0 atom stereocenters. The van der Waals surface area contributed by atoms with E-state index in [0.717, 1.165) is 0 Å². The summed E-state index contributed by atoms with van der Waals surface area (Å²) in [5, 5.41) is 2.01. The van der Waals surface area contributed by atoms with Crippen LogP contribution in [0.15, 0.2) is 52.0 Å². The first-order chi connectivity index (χ1) is 10.0. The van der Waals surface area contributed by atoms with Crippen LogP contribution in [0.1, 0.15) is 5.56 Å². The van der Waals surface area contributed by atoms with Crippen LogP contribution in [0, 0.1) is 0 Å². The second-order valence-corrected chi connectivity index (χ2v) is 6.31. The van der Waals surface area contributed by atoms with Gasteiger partial charge in [0, 0.05) is 30.0 Å². The number of anilines is 1. The fourth-order valence-electron chi connectivity index (χ4n) is 2.10. The van der Waals surface area contributed by atoms with Crippen molar-refractivity contribution in [2.75, 3.05) is 12.1 Å². The van der Waals surface area contributed by atoms with Crippen molar-refractivity contribution in [3.05, 3.63) is 53.3 Å². The number of nitrogens with one attached hydrogen (secondary N) is 1. The maximum Gasteiger partial charge on any atom is 0.286 e. The third-order valence-electron chi connectivity index (χ3n) is 3.00. The molecule has 108 valence electrons. The van der Waals surface area contributed by atoms with Crippen LogP contribution in [0.3, 0.4) is 0 Å². The lowest BCUT2D eigenvalue weighted by atomic mass is 10.2. The maximum absolute atomic E-state index is 12.3. The van der Waals surface area contributed by atoms with Crippen molar-refractivity contribution in [1.82, 2.24) is 10.4 Å². The minimum absolute atomic E-state index is 0.105. The Bertz CT molecular complexity index is 821. The van der Waals surface area contributed by atoms with E-state index < -0.39 is 10.0 Å². The summed E-state index contributed by atoms with van der Waals surface area (Å²) in [6, 6.07) is 8.00. The first-order valence-corrected chi connectivity index (χ1v) is 7.87. The van der Waals surface area contributed by atoms with Crippen molar-refractivity contribution >= 4 is 33.1 Å². The number of amidine groups is 1. The Morgan fingerprint density at radius 3 is 2.76 bits per heavy atom. The first-order valence-electron chi connectivity index (χ1n) is 6.05. The van der Waals surface area contributed by atoms with Gasteiger partial charge in [0.1, 0.15) is 4.90 Å². The molecule has 0 fully saturated rings. The van der Waals surface area contributed by atoms with Gasteiger partial charge in [-0.3, -0.25) is 9.99 Å². The molecule has 1 aromatic carbocycles. The molecule has 2 aromatic rings. The molecule has 1 aliphatic rings. The quantitative estimate of drug-likeness (QED) is 0.913. The molecule has 21 heavy (non-hydrogen) atoms. The maximum atomic E-state index is 12.3. The van der Waals surface area contributed by atoms with Gasteiger partial charge in [-0.2, -0.15) is 8.42 Å². The van der Waals surface area contributed by atoms with E-state index in [0.29, 0.717) is 16.3 Å². The number of hydrogen-bond donors (Lipinski definition) is 1. The minimum Gasteiger partial charge on any atom is -0.264 e. The number of fused-ring (bicyclic) bond motifs is 1. The lowest BCUT2D eigenvalue weighted by Crippen LogP contribution is -2.44. The standard InChI is InChI=1S/C13H11ClN4O2S/c1-15-18-11-7-10(14)4-5-12(11)21(19,20)17-13(18)9-3-2-6-16-8-9/h2-8,15H,1H3. The first kappa shape index (κ1) is 14.0. The summed E-state index contributed by atoms with van der Waals surface area (Å²) in [6.45, 7) is 0. The topological polar surface area (TPSA) is 74.7 Å². The molecule has 3 rings (SSSR count). The van der Waals surface area contributed by atoms with Crippen molar-refractivity contribution in [2.45, 2.75) is 4.90 Å². The van der Waals surface area contributed by atoms with Crippen LogP contribution in [-0.4, -0.2) is 26.3 Å². The largest absolute Gasteiger partial charge is 0.286 e. The predicted octanol–water partition coefficient (Wildman–Crippen LogP) is 1.82. The van der Waals surface area contributed by atoms with Crippen LogP contribution in [0.4, 0.5) is 5.69 Å². The molecule has 1 aromatic heterocycles. The van der Waals surface area contributed by atoms with Gasteiger partial charge in [0.25, 0.3) is 10.0 Å². The number of hydrazine groups is 1. The molecule has 0 aliphatic carbocycles. The smallest absolute Gasteiger partial charge is 0.264 e. The average Bonchev–Trinajstić information content (AvgIpc) is 2.47. The number of pyridine rings is 1. The molecule has 0 radical (unpaired) electrons. The zero-order chi connectivity index (χ0) is 15.0. The summed E-state index contributed by atoms with van der Waals surface area (Å²) in [5.41, 5.74) is 3.94. The van der Waals surface area contributed by atoms with Crippen LogP contribution in [0.5, 0.6) is 0 Å². The van der Waals surface area contributed by atoms with Crippen LogP contribution in [0.25, 0.3) is 0 Å². The number of nitrogens with zero attached hydrogens (tertiary/aromatic N) is 3. The highest BCUT2D eigenvalue weighted by Crippen LogP contribution is 2.33. The van der Waals surface area contributed by atoms with Gasteiger partial charge < -0.3 is 0 Å². The van der Waals surface area contributed by atoms with E-state index >= 15 is 0 Å².